The largest absolute Gasteiger partial charge is 0.417 e. The third-order valence-corrected chi connectivity index (χ3v) is 5.10. The molecular formula is C11H13ClF3NO3S. The highest BCUT2D eigenvalue weighted by Crippen LogP contribution is 2.36. The Hall–Kier alpha value is -0.830. The molecule has 0 fully saturated rings. The second-order valence-corrected chi connectivity index (χ2v) is 6.60. The van der Waals surface area contributed by atoms with Gasteiger partial charge in [0, 0.05) is 13.1 Å². The van der Waals surface area contributed by atoms with E-state index < -0.39 is 44.3 Å². The molecule has 1 rings (SSSR count). The third-order valence-electron chi connectivity index (χ3n) is 2.81. The van der Waals surface area contributed by atoms with Gasteiger partial charge in [0.05, 0.1) is 22.1 Å². The standard InChI is InChI=1S/C11H13ClF3NO3S/c1-7(6-17)16(2)20(18,19)8-3-4-10(12)9(5-8)11(13,14)15/h3-5,7,17H,6H2,1-2H3. The van der Waals surface area contributed by atoms with Crippen LogP contribution in [0.5, 0.6) is 0 Å². The van der Waals surface area contributed by atoms with Crippen molar-refractivity contribution in [2.75, 3.05) is 13.7 Å². The highest BCUT2D eigenvalue weighted by molar-refractivity contribution is 7.89. The fraction of sp³-hybridized carbons (Fsp3) is 0.455. The number of nitrogens with zero attached hydrogens (tertiary/aromatic N) is 1. The van der Waals surface area contributed by atoms with Crippen molar-refractivity contribution in [1.82, 2.24) is 4.31 Å². The van der Waals surface area contributed by atoms with Crippen LogP contribution in [0.15, 0.2) is 23.1 Å². The molecule has 0 aliphatic rings. The summed E-state index contributed by atoms with van der Waals surface area (Å²) in [6, 6.07) is 1.60. The van der Waals surface area contributed by atoms with E-state index in [2.05, 4.69) is 0 Å². The van der Waals surface area contributed by atoms with Crippen LogP contribution in [0.1, 0.15) is 12.5 Å². The average molecular weight is 332 g/mol. The summed E-state index contributed by atoms with van der Waals surface area (Å²) in [6.07, 6.45) is -4.75. The summed E-state index contributed by atoms with van der Waals surface area (Å²) >= 11 is 5.43. The van der Waals surface area contributed by atoms with Crippen LogP contribution in [0.3, 0.4) is 0 Å². The Labute approximate surface area is 119 Å². The minimum Gasteiger partial charge on any atom is -0.395 e. The zero-order valence-electron chi connectivity index (χ0n) is 10.6. The highest BCUT2D eigenvalue weighted by atomic mass is 35.5. The Kier molecular flexibility index (Phi) is 5.07. The summed E-state index contributed by atoms with van der Waals surface area (Å²) in [7, 11) is -2.96. The summed E-state index contributed by atoms with van der Waals surface area (Å²) in [5, 5.41) is 8.36. The van der Waals surface area contributed by atoms with E-state index >= 15 is 0 Å². The second kappa shape index (κ2) is 5.88. The number of sulfonamides is 1. The maximum atomic E-state index is 12.7. The number of aliphatic hydroxyl groups excluding tert-OH is 1. The summed E-state index contributed by atoms with van der Waals surface area (Å²) in [6.45, 7) is 0.980. The van der Waals surface area contributed by atoms with E-state index in [1.54, 1.807) is 0 Å². The summed E-state index contributed by atoms with van der Waals surface area (Å²) in [5.41, 5.74) is -1.22. The van der Waals surface area contributed by atoms with Gasteiger partial charge in [-0.25, -0.2) is 8.42 Å². The first-order chi connectivity index (χ1) is 9.01. The molecule has 20 heavy (non-hydrogen) atoms. The van der Waals surface area contributed by atoms with E-state index in [1.165, 1.54) is 14.0 Å². The van der Waals surface area contributed by atoms with E-state index in [1.807, 2.05) is 0 Å². The summed E-state index contributed by atoms with van der Waals surface area (Å²) in [5.74, 6) is 0. The topological polar surface area (TPSA) is 57.6 Å². The Morgan fingerprint density at radius 2 is 1.95 bits per heavy atom. The monoisotopic (exact) mass is 331 g/mol. The molecule has 0 aliphatic carbocycles. The van der Waals surface area contributed by atoms with Gasteiger partial charge in [-0.1, -0.05) is 11.6 Å². The first kappa shape index (κ1) is 17.2. The molecule has 4 nitrogen and oxygen atoms in total. The number of hydrogen-bond acceptors (Lipinski definition) is 3. The normalized spacial score (nSPS) is 14.6. The van der Waals surface area contributed by atoms with Crippen LogP contribution in [0, 0.1) is 0 Å². The highest BCUT2D eigenvalue weighted by Gasteiger charge is 2.35. The van der Waals surface area contributed by atoms with Crippen LogP contribution in [0.2, 0.25) is 5.02 Å². The van der Waals surface area contributed by atoms with E-state index in [0.717, 1.165) is 16.4 Å². The summed E-state index contributed by atoms with van der Waals surface area (Å²) in [4.78, 5) is -0.531. The molecule has 0 saturated carbocycles. The molecule has 1 unspecified atom stereocenters. The lowest BCUT2D eigenvalue weighted by Gasteiger charge is -2.23. The van der Waals surface area contributed by atoms with Crippen molar-refractivity contribution in [2.45, 2.75) is 24.0 Å². The molecule has 1 atom stereocenters. The maximum absolute atomic E-state index is 12.7. The molecular weight excluding hydrogens is 319 g/mol. The smallest absolute Gasteiger partial charge is 0.395 e. The lowest BCUT2D eigenvalue weighted by atomic mass is 10.2. The SMILES string of the molecule is CC(CO)N(C)S(=O)(=O)c1ccc(Cl)c(C(F)(F)F)c1. The van der Waals surface area contributed by atoms with Crippen LogP contribution < -0.4 is 0 Å². The van der Waals surface area contributed by atoms with Gasteiger partial charge >= 0.3 is 6.18 Å². The predicted molar refractivity (Wildman–Crippen MR) is 68.0 cm³/mol. The second-order valence-electron chi connectivity index (χ2n) is 4.19. The molecule has 1 N–H and O–H groups in total. The van der Waals surface area contributed by atoms with E-state index in [9.17, 15) is 21.6 Å². The first-order valence-corrected chi connectivity index (χ1v) is 7.29. The van der Waals surface area contributed by atoms with E-state index in [0.29, 0.717) is 6.07 Å². The zero-order valence-corrected chi connectivity index (χ0v) is 12.2. The van der Waals surface area contributed by atoms with Crippen molar-refractivity contribution >= 4 is 21.6 Å². The van der Waals surface area contributed by atoms with Gasteiger partial charge in [-0.15, -0.1) is 0 Å². The van der Waals surface area contributed by atoms with E-state index in [-0.39, 0.29) is 0 Å². The molecule has 0 aromatic heterocycles. The van der Waals surface area contributed by atoms with Crippen LogP contribution in [-0.4, -0.2) is 37.5 Å². The van der Waals surface area contributed by atoms with Crippen molar-refractivity contribution in [3.05, 3.63) is 28.8 Å². The molecule has 0 aliphatic heterocycles. The molecule has 114 valence electrons. The number of likely N-dealkylation sites (N-methyl/N-ethyl adjacent to an activating group) is 1. The van der Waals surface area contributed by atoms with Gasteiger partial charge in [-0.05, 0) is 25.1 Å². The van der Waals surface area contributed by atoms with E-state index in [4.69, 9.17) is 16.7 Å². The van der Waals surface area contributed by atoms with Gasteiger partial charge in [-0.2, -0.15) is 17.5 Å². The van der Waals surface area contributed by atoms with Gasteiger partial charge in [0.15, 0.2) is 0 Å². The van der Waals surface area contributed by atoms with Gasteiger partial charge in [0.1, 0.15) is 0 Å². The fourth-order valence-electron chi connectivity index (χ4n) is 1.40. The number of alkyl halides is 3. The van der Waals surface area contributed by atoms with Crippen molar-refractivity contribution in [2.24, 2.45) is 0 Å². The first-order valence-electron chi connectivity index (χ1n) is 5.47. The maximum Gasteiger partial charge on any atom is 0.417 e. The number of aliphatic hydroxyl groups is 1. The Morgan fingerprint density at radius 3 is 2.40 bits per heavy atom. The average Bonchev–Trinajstić information content (AvgIpc) is 2.35. The van der Waals surface area contributed by atoms with Crippen molar-refractivity contribution in [3.63, 3.8) is 0 Å². The van der Waals surface area contributed by atoms with Crippen LogP contribution in [0.4, 0.5) is 13.2 Å². The number of halogens is 4. The minimum atomic E-state index is -4.75. The number of benzene rings is 1. The third kappa shape index (κ3) is 3.43. The molecule has 1 aromatic carbocycles. The van der Waals surface area contributed by atoms with Crippen LogP contribution in [-0.2, 0) is 16.2 Å². The van der Waals surface area contributed by atoms with Crippen molar-refractivity contribution in [3.8, 4) is 0 Å². The van der Waals surface area contributed by atoms with Gasteiger partial charge in [0.2, 0.25) is 10.0 Å². The zero-order chi connectivity index (χ0) is 15.7. The Morgan fingerprint density at radius 1 is 1.40 bits per heavy atom. The van der Waals surface area contributed by atoms with Gasteiger partial charge in [0.25, 0.3) is 0 Å². The van der Waals surface area contributed by atoms with Crippen molar-refractivity contribution in [1.29, 1.82) is 0 Å². The number of rotatable bonds is 4. The Bertz CT molecular complexity index is 589. The molecule has 0 amide bonds. The Balaban J connectivity index is 3.34. The summed E-state index contributed by atoms with van der Waals surface area (Å²) < 4.78 is 63.2. The lowest BCUT2D eigenvalue weighted by molar-refractivity contribution is -0.137. The molecule has 0 radical (unpaired) electrons. The molecule has 9 heteroatoms. The quantitative estimate of drug-likeness (QED) is 0.921. The molecule has 0 saturated heterocycles. The molecule has 1 aromatic rings. The number of hydrogen-bond donors (Lipinski definition) is 1. The molecule has 0 bridgehead atoms. The van der Waals surface area contributed by atoms with Gasteiger partial charge in [-0.3, -0.25) is 0 Å². The lowest BCUT2D eigenvalue weighted by Crippen LogP contribution is -2.37. The van der Waals surface area contributed by atoms with Crippen molar-refractivity contribution < 1.29 is 26.7 Å². The minimum absolute atomic E-state index is 0.449. The van der Waals surface area contributed by atoms with Crippen LogP contribution >= 0.6 is 11.6 Å². The molecule has 0 spiro atoms. The van der Waals surface area contributed by atoms with Crippen LogP contribution in [0.25, 0.3) is 0 Å². The fourth-order valence-corrected chi connectivity index (χ4v) is 3.00. The molecule has 0 heterocycles. The van der Waals surface area contributed by atoms with Gasteiger partial charge < -0.3 is 5.11 Å². The predicted octanol–water partition coefficient (Wildman–Crippen LogP) is 2.36.